The van der Waals surface area contributed by atoms with E-state index in [-0.39, 0.29) is 5.82 Å². The van der Waals surface area contributed by atoms with Crippen LogP contribution in [0.2, 0.25) is 0 Å². The zero-order chi connectivity index (χ0) is 13.3. The molecule has 1 saturated heterocycles. The van der Waals surface area contributed by atoms with Gasteiger partial charge in [-0.25, -0.2) is 4.39 Å². The summed E-state index contributed by atoms with van der Waals surface area (Å²) in [5.41, 5.74) is 0.737. The Bertz CT molecular complexity index is 424. The van der Waals surface area contributed by atoms with E-state index in [1.807, 2.05) is 23.9 Å². The number of hydrogen-bond donors (Lipinski definition) is 2. The lowest BCUT2D eigenvalue weighted by Crippen LogP contribution is -2.48. The normalized spacial score (nSPS) is 34.2. The Kier molecular flexibility index (Phi) is 3.83. The van der Waals surface area contributed by atoms with Crippen molar-refractivity contribution < 1.29 is 9.50 Å². The van der Waals surface area contributed by atoms with Gasteiger partial charge in [-0.2, -0.15) is 11.8 Å². The fourth-order valence-corrected chi connectivity index (χ4v) is 4.16. The minimum absolute atomic E-state index is 0.168. The zero-order valence-corrected chi connectivity index (χ0v) is 11.8. The highest BCUT2D eigenvalue weighted by Gasteiger charge is 2.35. The van der Waals surface area contributed by atoms with Gasteiger partial charge in [0.05, 0.1) is 5.60 Å². The van der Waals surface area contributed by atoms with Gasteiger partial charge in [0.1, 0.15) is 5.82 Å². The summed E-state index contributed by atoms with van der Waals surface area (Å²) in [5, 5.41) is 13.7. The molecular formula is C15H20FNOS. The molecule has 1 aliphatic carbocycles. The summed E-state index contributed by atoms with van der Waals surface area (Å²) in [6.45, 7) is 0.709. The van der Waals surface area contributed by atoms with Crippen LogP contribution in [0.1, 0.15) is 30.7 Å². The molecular weight excluding hydrogens is 261 g/mol. The minimum atomic E-state index is -0.494. The maximum atomic E-state index is 12.8. The third-order valence-corrected chi connectivity index (χ3v) is 5.52. The van der Waals surface area contributed by atoms with Gasteiger partial charge in [0.15, 0.2) is 0 Å². The van der Waals surface area contributed by atoms with Crippen molar-refractivity contribution in [1.82, 2.24) is 5.32 Å². The molecule has 1 aromatic carbocycles. The molecule has 0 spiro atoms. The van der Waals surface area contributed by atoms with E-state index in [0.717, 1.165) is 30.8 Å². The minimum Gasteiger partial charge on any atom is -0.388 e. The first kappa shape index (κ1) is 13.4. The maximum Gasteiger partial charge on any atom is 0.123 e. The smallest absolute Gasteiger partial charge is 0.123 e. The van der Waals surface area contributed by atoms with Crippen LogP contribution < -0.4 is 5.32 Å². The summed E-state index contributed by atoms with van der Waals surface area (Å²) in [5.74, 6) is 2.30. The molecule has 2 fully saturated rings. The molecule has 19 heavy (non-hydrogen) atoms. The lowest BCUT2D eigenvalue weighted by Gasteiger charge is -2.38. The van der Waals surface area contributed by atoms with Crippen LogP contribution in [0.3, 0.4) is 0 Å². The molecule has 2 nitrogen and oxygen atoms in total. The van der Waals surface area contributed by atoms with E-state index in [4.69, 9.17) is 0 Å². The Morgan fingerprint density at radius 1 is 1.32 bits per heavy atom. The van der Waals surface area contributed by atoms with E-state index in [2.05, 4.69) is 5.32 Å². The van der Waals surface area contributed by atoms with E-state index in [1.165, 1.54) is 17.7 Å². The molecule has 104 valence electrons. The first-order valence-corrected chi connectivity index (χ1v) is 8.09. The number of benzene rings is 1. The van der Waals surface area contributed by atoms with E-state index in [0.29, 0.717) is 18.5 Å². The second-order valence-corrected chi connectivity index (χ2v) is 6.93. The average Bonchev–Trinajstić information content (AvgIpc) is 2.77. The van der Waals surface area contributed by atoms with E-state index in [9.17, 15) is 9.50 Å². The molecule has 1 heterocycles. The van der Waals surface area contributed by atoms with Crippen LogP contribution >= 0.6 is 11.8 Å². The third-order valence-electron chi connectivity index (χ3n) is 4.28. The molecule has 0 amide bonds. The third kappa shape index (κ3) is 3.12. The van der Waals surface area contributed by atoms with Crippen molar-refractivity contribution in [1.29, 1.82) is 0 Å². The van der Waals surface area contributed by atoms with Gasteiger partial charge in [-0.1, -0.05) is 12.1 Å². The Hall–Kier alpha value is -0.580. The predicted octanol–water partition coefficient (Wildman–Crippen LogP) is 2.53. The standard InChI is InChI=1S/C15H20FNOS/c16-13-3-1-11(2-4-13)12-7-14(8-12)17-9-15(18)5-6-19-10-15/h1-4,12,14,17-18H,5-10H2. The van der Waals surface area contributed by atoms with Crippen molar-refractivity contribution in [3.63, 3.8) is 0 Å². The van der Waals surface area contributed by atoms with E-state index < -0.39 is 5.60 Å². The van der Waals surface area contributed by atoms with Gasteiger partial charge in [0, 0.05) is 18.3 Å². The topological polar surface area (TPSA) is 32.3 Å². The van der Waals surface area contributed by atoms with Crippen LogP contribution in [0.15, 0.2) is 24.3 Å². The lowest BCUT2D eigenvalue weighted by atomic mass is 9.75. The van der Waals surface area contributed by atoms with Crippen molar-refractivity contribution in [3.8, 4) is 0 Å². The number of rotatable bonds is 4. The van der Waals surface area contributed by atoms with Crippen molar-refractivity contribution in [3.05, 3.63) is 35.6 Å². The summed E-state index contributed by atoms with van der Waals surface area (Å²) >= 11 is 1.83. The highest BCUT2D eigenvalue weighted by Crippen LogP contribution is 2.37. The SMILES string of the molecule is OC1(CNC2CC(c3ccc(F)cc3)C2)CCSC1. The number of nitrogens with one attached hydrogen (secondary N) is 1. The molecule has 1 atom stereocenters. The summed E-state index contributed by atoms with van der Waals surface area (Å²) in [6, 6.07) is 7.35. The number of halogens is 1. The Balaban J connectivity index is 1.44. The molecule has 0 bridgehead atoms. The number of thioether (sulfide) groups is 1. The quantitative estimate of drug-likeness (QED) is 0.889. The molecule has 4 heteroatoms. The highest BCUT2D eigenvalue weighted by molar-refractivity contribution is 7.99. The molecule has 1 aromatic rings. The summed E-state index contributed by atoms with van der Waals surface area (Å²) in [6.07, 6.45) is 3.09. The zero-order valence-electron chi connectivity index (χ0n) is 10.9. The summed E-state index contributed by atoms with van der Waals surface area (Å²) in [4.78, 5) is 0. The van der Waals surface area contributed by atoms with Gasteiger partial charge < -0.3 is 10.4 Å². The summed E-state index contributed by atoms with van der Waals surface area (Å²) in [7, 11) is 0. The van der Waals surface area contributed by atoms with Gasteiger partial charge in [0.25, 0.3) is 0 Å². The van der Waals surface area contributed by atoms with Gasteiger partial charge >= 0.3 is 0 Å². The van der Waals surface area contributed by atoms with Gasteiger partial charge in [0.2, 0.25) is 0 Å². The largest absolute Gasteiger partial charge is 0.388 e. The molecule has 1 unspecified atom stereocenters. The summed E-state index contributed by atoms with van der Waals surface area (Å²) < 4.78 is 12.8. The molecule has 2 N–H and O–H groups in total. The van der Waals surface area contributed by atoms with Crippen LogP contribution in [-0.2, 0) is 0 Å². The molecule has 1 saturated carbocycles. The van der Waals surface area contributed by atoms with Crippen LogP contribution in [0, 0.1) is 5.82 Å². The van der Waals surface area contributed by atoms with E-state index in [1.54, 1.807) is 0 Å². The second kappa shape index (κ2) is 5.43. The number of hydrogen-bond acceptors (Lipinski definition) is 3. The van der Waals surface area contributed by atoms with E-state index >= 15 is 0 Å². The Morgan fingerprint density at radius 2 is 2.05 bits per heavy atom. The molecule has 0 radical (unpaired) electrons. The van der Waals surface area contributed by atoms with Gasteiger partial charge in [-0.05, 0) is 48.6 Å². The first-order valence-electron chi connectivity index (χ1n) is 6.94. The Morgan fingerprint density at radius 3 is 2.68 bits per heavy atom. The fourth-order valence-electron chi connectivity index (χ4n) is 2.86. The number of aliphatic hydroxyl groups is 1. The van der Waals surface area contributed by atoms with Gasteiger partial charge in [-0.15, -0.1) is 0 Å². The predicted molar refractivity (Wildman–Crippen MR) is 77.1 cm³/mol. The average molecular weight is 281 g/mol. The van der Waals surface area contributed by atoms with Crippen molar-refractivity contribution in [2.75, 3.05) is 18.1 Å². The van der Waals surface area contributed by atoms with Crippen LogP contribution in [0.25, 0.3) is 0 Å². The second-order valence-electron chi connectivity index (χ2n) is 5.82. The lowest BCUT2D eigenvalue weighted by molar-refractivity contribution is 0.0595. The molecule has 2 aliphatic rings. The van der Waals surface area contributed by atoms with Crippen LogP contribution in [0.4, 0.5) is 4.39 Å². The molecule has 1 aliphatic heterocycles. The van der Waals surface area contributed by atoms with Crippen molar-refractivity contribution in [2.45, 2.75) is 36.8 Å². The molecule has 3 rings (SSSR count). The van der Waals surface area contributed by atoms with Crippen LogP contribution in [-0.4, -0.2) is 34.8 Å². The maximum absolute atomic E-state index is 12.8. The molecule has 0 aromatic heterocycles. The Labute approximate surface area is 117 Å². The highest BCUT2D eigenvalue weighted by atomic mass is 32.2. The van der Waals surface area contributed by atoms with Crippen molar-refractivity contribution in [2.24, 2.45) is 0 Å². The fraction of sp³-hybridized carbons (Fsp3) is 0.600. The van der Waals surface area contributed by atoms with Gasteiger partial charge in [-0.3, -0.25) is 0 Å². The monoisotopic (exact) mass is 281 g/mol. The first-order chi connectivity index (χ1) is 9.15. The van der Waals surface area contributed by atoms with Crippen LogP contribution in [0.5, 0.6) is 0 Å². The van der Waals surface area contributed by atoms with Crippen molar-refractivity contribution >= 4 is 11.8 Å².